The lowest BCUT2D eigenvalue weighted by molar-refractivity contribution is -0.333. The molecule has 4 saturated carbocycles. The highest BCUT2D eigenvalue weighted by atomic mass is 35.5. The van der Waals surface area contributed by atoms with Crippen molar-refractivity contribution >= 4 is 87.9 Å². The van der Waals surface area contributed by atoms with Gasteiger partial charge in [0.1, 0.15) is 95.5 Å². The van der Waals surface area contributed by atoms with Crippen LogP contribution in [0.15, 0.2) is 103 Å². The van der Waals surface area contributed by atoms with E-state index in [4.69, 9.17) is 57.4 Å². The van der Waals surface area contributed by atoms with Crippen molar-refractivity contribution in [2.24, 2.45) is 35.3 Å². The van der Waals surface area contributed by atoms with E-state index in [0.717, 1.165) is 99.5 Å². The number of hydrogen-bond donors (Lipinski definition) is 21. The Morgan fingerprint density at radius 2 is 1.28 bits per heavy atom. The molecule has 0 radical (unpaired) electrons. The highest BCUT2D eigenvalue weighted by Gasteiger charge is 2.53. The van der Waals surface area contributed by atoms with Gasteiger partial charge in [0.05, 0.1) is 41.3 Å². The summed E-state index contributed by atoms with van der Waals surface area (Å²) in [7, 11) is 1.48. The van der Waals surface area contributed by atoms with Crippen LogP contribution in [-0.4, -0.2) is 204 Å². The number of fused-ring (bicyclic) bond motifs is 15. The molecule has 6 aromatic rings. The number of amides is 10. The second-order valence-electron chi connectivity index (χ2n) is 34.2. The molecule has 7 aliphatic heterocycles. The molecule has 17 rings (SSSR count). The third-order valence-electron chi connectivity index (χ3n) is 24.6. The maximum Gasteiger partial charge on any atom is 0.325 e. The minimum atomic E-state index is -2.42. The zero-order chi connectivity index (χ0) is 89.5. The lowest BCUT2D eigenvalue weighted by Gasteiger charge is -2.54. The fourth-order valence-corrected chi connectivity index (χ4v) is 18.8. The average Bonchev–Trinajstić information content (AvgIpc) is 0.757. The van der Waals surface area contributed by atoms with Crippen molar-refractivity contribution in [1.29, 1.82) is 0 Å². The first-order chi connectivity index (χ1) is 59.5. The van der Waals surface area contributed by atoms with E-state index in [9.17, 15) is 60.3 Å². The third kappa shape index (κ3) is 19.8. The molecule has 0 spiro atoms. The standard InChI is InChI=1S/C87H104Cl2N12O24/c1-7-8-19-92-46-12-14-47(15-13-46)93-86(119)95-62(106)33-54-79(113)97-67-45-29-59(121-57-17-10-41(27-51(57)88)71(107)69(83(117)94-54)100-78(112)53(91-6)20-36(2)3)75(125-85-76(74(110)73(109)61(35-102)123-85)124-63-34-87(5,90)77(111)37(4)120-63)60(30-45)122-58-18-11-42(28-52(58)89)72(108)70-84(118)99-68(82(116)96-65-43-22-38-21-39(24-43)25-44(65)23-38)50-31-48(103)32-56(105)64(50)49-26-40(9-16-55(49)104)66(80(114)101-70)98-81(67)115/h9-18,26-32,36-39,43-44,53-54,61,63,65-74,76-77,85,91-92,102-105,107-111H,7-8,19-25,33-35,90H2,1-6H3,(H,94,117)(H,96,116)(H,97,113)(H,98,115)(H,99,118)(H,100,112)(H,101,114)(H2,93,95,106,119)/t37-,38?,39?,43?,44?,53+,54-,61+,63-,65?,66+,67+,68-,69+,70-,71+,72+,73+,74-,76+,77+,85-,87-/m0/s1. The van der Waals surface area contributed by atoms with E-state index < -0.39 is 227 Å². The van der Waals surface area contributed by atoms with Crippen molar-refractivity contribution in [1.82, 2.24) is 47.9 Å². The molecule has 0 aromatic heterocycles. The minimum absolute atomic E-state index is 0.0549. The van der Waals surface area contributed by atoms with Crippen molar-refractivity contribution in [2.75, 3.05) is 30.8 Å². The number of benzene rings is 6. The molecule has 6 fully saturated rings. The summed E-state index contributed by atoms with van der Waals surface area (Å²) in [6.45, 7) is 8.36. The molecule has 11 aliphatic rings. The second kappa shape index (κ2) is 37.8. The van der Waals surface area contributed by atoms with Crippen LogP contribution in [0.5, 0.6) is 46.0 Å². The number of carbonyl (C=O) groups excluding carboxylic acids is 9. The number of aliphatic hydroxyl groups is 6. The monoisotopic (exact) mass is 1770 g/mol. The number of halogens is 2. The fraction of sp³-hybridized carbons (Fsp3) is 0.483. The molecule has 4 aliphatic carbocycles. The number of rotatable bonds is 19. The first kappa shape index (κ1) is 90.5. The van der Waals surface area contributed by atoms with Crippen molar-refractivity contribution in [2.45, 2.75) is 214 Å². The maximum atomic E-state index is 16.7. The van der Waals surface area contributed by atoms with Crippen LogP contribution >= 0.6 is 23.2 Å². The Hall–Kier alpha value is -10.7. The first-order valence-electron chi connectivity index (χ1n) is 41.7. The van der Waals surface area contributed by atoms with Gasteiger partial charge in [-0.15, -0.1) is 0 Å². The summed E-state index contributed by atoms with van der Waals surface area (Å²) in [5, 5.41) is 136. The Kier molecular flexibility index (Phi) is 27.4. The lowest BCUT2D eigenvalue weighted by atomic mass is 9.54. The number of phenols is 3. The Bertz CT molecular complexity index is 5080. The van der Waals surface area contributed by atoms with Gasteiger partial charge in [-0.3, -0.25) is 43.7 Å². The molecule has 36 nitrogen and oxygen atoms in total. The van der Waals surface area contributed by atoms with E-state index in [1.807, 2.05) is 20.8 Å². The number of urea groups is 1. The van der Waals surface area contributed by atoms with Gasteiger partial charge in [0.25, 0.3) is 0 Å². The molecule has 15 bridgehead atoms. The number of nitrogens with one attached hydrogen (secondary N) is 11. The molecule has 125 heavy (non-hydrogen) atoms. The predicted molar refractivity (Wildman–Crippen MR) is 448 cm³/mol. The predicted octanol–water partition coefficient (Wildman–Crippen LogP) is 5.04. The Morgan fingerprint density at radius 3 is 1.90 bits per heavy atom. The fourth-order valence-electron chi connectivity index (χ4n) is 18.3. The molecule has 670 valence electrons. The Balaban J connectivity index is 0.955. The largest absolute Gasteiger partial charge is 0.508 e. The second-order valence-corrected chi connectivity index (χ2v) is 35.0. The number of aliphatic hydroxyl groups excluding tert-OH is 6. The van der Waals surface area contributed by atoms with E-state index in [-0.39, 0.29) is 86.2 Å². The van der Waals surface area contributed by atoms with Gasteiger partial charge in [-0.25, -0.2) is 4.79 Å². The Morgan fingerprint density at radius 1 is 0.664 bits per heavy atom. The van der Waals surface area contributed by atoms with Gasteiger partial charge in [0.2, 0.25) is 59.3 Å². The number of anilines is 2. The van der Waals surface area contributed by atoms with E-state index in [0.29, 0.717) is 24.1 Å². The zero-order valence-electron chi connectivity index (χ0n) is 69.1. The number of imide groups is 1. The van der Waals surface area contributed by atoms with Gasteiger partial charge >= 0.3 is 6.03 Å². The molecular weight excluding hydrogens is 1670 g/mol. The molecule has 6 aromatic carbocycles. The van der Waals surface area contributed by atoms with Crippen LogP contribution in [-0.2, 0) is 52.6 Å². The average molecular weight is 1770 g/mol. The van der Waals surface area contributed by atoms with Crippen molar-refractivity contribution in [3.8, 4) is 57.1 Å². The van der Waals surface area contributed by atoms with Crippen LogP contribution in [0.2, 0.25) is 10.0 Å². The van der Waals surface area contributed by atoms with E-state index >= 15 is 28.8 Å². The quantitative estimate of drug-likeness (QED) is 0.0472. The summed E-state index contributed by atoms with van der Waals surface area (Å²) >= 11 is 14.5. The molecule has 2 saturated heterocycles. The number of unbranched alkanes of at least 4 members (excludes halogenated alkanes) is 1. The van der Waals surface area contributed by atoms with Crippen LogP contribution in [0.1, 0.15) is 157 Å². The highest BCUT2D eigenvalue weighted by Crippen LogP contribution is 2.55. The van der Waals surface area contributed by atoms with Gasteiger partial charge in [-0.2, -0.15) is 0 Å². The number of nitrogens with two attached hydrogens (primary N) is 1. The van der Waals surface area contributed by atoms with Crippen LogP contribution in [0.25, 0.3) is 11.1 Å². The van der Waals surface area contributed by atoms with Crippen LogP contribution in [0.4, 0.5) is 16.2 Å². The Labute approximate surface area is 728 Å². The van der Waals surface area contributed by atoms with Crippen molar-refractivity contribution < 1.29 is 118 Å². The summed E-state index contributed by atoms with van der Waals surface area (Å²) in [5.41, 5.74) is 3.83. The minimum Gasteiger partial charge on any atom is -0.508 e. The van der Waals surface area contributed by atoms with Gasteiger partial charge in [-0.1, -0.05) is 68.6 Å². The number of ether oxygens (including phenoxy) is 6. The van der Waals surface area contributed by atoms with Crippen molar-refractivity contribution in [3.63, 3.8) is 0 Å². The normalized spacial score (nSPS) is 30.3. The molecule has 0 unspecified atom stereocenters. The molecule has 18 atom stereocenters. The number of hydrogen-bond acceptors (Lipinski definition) is 27. The molecule has 22 N–H and O–H groups in total. The molecule has 38 heteroatoms. The van der Waals surface area contributed by atoms with E-state index in [1.165, 1.54) is 45.2 Å². The number of phenolic OH excluding ortho intramolecular Hbond substituents is 3. The van der Waals surface area contributed by atoms with Crippen LogP contribution < -0.4 is 78.4 Å². The smallest absolute Gasteiger partial charge is 0.325 e. The maximum absolute atomic E-state index is 16.7. The van der Waals surface area contributed by atoms with Crippen molar-refractivity contribution in [3.05, 3.63) is 141 Å². The number of carbonyl (C=O) groups is 9. The number of aromatic hydroxyl groups is 3. The van der Waals surface area contributed by atoms with Gasteiger partial charge < -0.3 is 133 Å². The summed E-state index contributed by atoms with van der Waals surface area (Å²) in [5.74, 6) is -13.7. The van der Waals surface area contributed by atoms with Crippen LogP contribution in [0, 0.1) is 29.6 Å². The van der Waals surface area contributed by atoms with E-state index in [2.05, 4.69) is 58.5 Å². The number of likely N-dealkylation sites (N-methyl/N-ethyl adjacent to an activating group) is 1. The zero-order valence-corrected chi connectivity index (χ0v) is 70.6. The summed E-state index contributed by atoms with van der Waals surface area (Å²) in [4.78, 5) is 139. The third-order valence-corrected chi connectivity index (χ3v) is 25.2. The molecular formula is C87H104Cl2N12O24. The SMILES string of the molecule is CCCCNc1ccc(NC(=O)NC(=O)C[C@@H]2NC(=O)[C@H](NC(=O)[C@@H](CC(C)C)NC)[C@H](O)c3ccc(c(Cl)c3)Oc3cc4cc(c3O[C@@H]3O[C@H](CO)[C@@H](O)[C@H](O)[C@H]3O[C@H]3C[C@](C)(N)[C@H](O)[C@H](C)O3)Oc3ccc(cc3Cl)[C@@H](O)[C@@H]3NC(=O)[C@H](NC(=O)[C@@H]4NC2=O)c2ccc(O)c(c2)-c2c(O)cc(O)cc2[C@@H](C(=O)NC2C4CC5CC(C4)CC2C5)NC3=O)cc1. The van der Waals surface area contributed by atoms with E-state index in [1.54, 1.807) is 24.3 Å². The van der Waals surface area contributed by atoms with Gasteiger partial charge in [0, 0.05) is 53.1 Å². The summed E-state index contributed by atoms with van der Waals surface area (Å²) in [6.07, 6.45) is -12.8. The topological polar surface area (TPSA) is 549 Å². The van der Waals surface area contributed by atoms with Gasteiger partial charge in [0.15, 0.2) is 23.9 Å². The summed E-state index contributed by atoms with van der Waals surface area (Å²) < 4.78 is 39.1. The lowest BCUT2D eigenvalue weighted by Crippen LogP contribution is -2.64. The molecule has 10 amide bonds. The summed E-state index contributed by atoms with van der Waals surface area (Å²) in [6, 6.07) is 5.15. The van der Waals surface area contributed by atoms with Gasteiger partial charge in [-0.05, 0) is 202 Å². The highest BCUT2D eigenvalue weighted by molar-refractivity contribution is 6.32. The van der Waals surface area contributed by atoms with Crippen LogP contribution in [0.3, 0.4) is 0 Å². The first-order valence-corrected chi connectivity index (χ1v) is 42.5. The molecule has 7 heterocycles.